The lowest BCUT2D eigenvalue weighted by atomic mass is 10.2. The molecule has 0 aliphatic rings. The van der Waals surface area contributed by atoms with Crippen molar-refractivity contribution in [2.45, 2.75) is 24.7 Å². The lowest BCUT2D eigenvalue weighted by Crippen LogP contribution is -2.43. The third-order valence-electron chi connectivity index (χ3n) is 4.00. The molecule has 0 saturated carbocycles. The van der Waals surface area contributed by atoms with Gasteiger partial charge >= 0.3 is 22.3 Å². The van der Waals surface area contributed by atoms with Crippen molar-refractivity contribution in [2.75, 3.05) is 19.5 Å². The maximum absolute atomic E-state index is 12.5. The lowest BCUT2D eigenvalue weighted by molar-refractivity contribution is -0.116. The second kappa shape index (κ2) is 12.2. The number of benzene rings is 2. The van der Waals surface area contributed by atoms with Gasteiger partial charge in [-0.05, 0) is 30.7 Å². The molecule has 0 aromatic heterocycles. The predicted octanol–water partition coefficient (Wildman–Crippen LogP) is 2.89. The quantitative estimate of drug-likeness (QED) is 0.302. The van der Waals surface area contributed by atoms with Crippen molar-refractivity contribution >= 4 is 45.5 Å². The summed E-state index contributed by atoms with van der Waals surface area (Å²) in [4.78, 5) is 39.5. The first-order valence-electron chi connectivity index (χ1n) is 9.90. The number of nitrogens with one attached hydrogen (secondary N) is 3. The van der Waals surface area contributed by atoms with Crippen LogP contribution in [-0.2, 0) is 24.4 Å². The molecule has 13 heteroatoms. The van der Waals surface area contributed by atoms with Crippen molar-refractivity contribution in [3.63, 3.8) is 0 Å². The van der Waals surface area contributed by atoms with Crippen molar-refractivity contribution in [3.8, 4) is 5.75 Å². The topological polar surface area (TPSA) is 161 Å². The Labute approximate surface area is 196 Å². The number of carbonyl (C=O) groups excluding carboxylic acids is 3. The number of alkyl carbamates (subject to hydrolysis) is 2. The van der Waals surface area contributed by atoms with Crippen molar-refractivity contribution < 1.29 is 36.5 Å². The van der Waals surface area contributed by atoms with Crippen LogP contribution in [0.1, 0.15) is 19.8 Å². The number of methoxy groups -OCH3 is 2. The minimum Gasteiger partial charge on any atom is -0.453 e. The summed E-state index contributed by atoms with van der Waals surface area (Å²) in [6.07, 6.45) is -1.12. The van der Waals surface area contributed by atoms with Crippen LogP contribution in [0.5, 0.6) is 5.75 Å². The van der Waals surface area contributed by atoms with Gasteiger partial charge in [0.25, 0.3) is 0 Å². The SMILES string of the molecule is CCCC(=O)Nc1cc(OS(=O)(=O)c2ccccc2)ccc1N=C(NC(=O)OC)NC(=O)OC. The largest absolute Gasteiger partial charge is 0.453 e. The van der Waals surface area contributed by atoms with Crippen molar-refractivity contribution in [1.29, 1.82) is 0 Å². The first kappa shape index (κ1) is 26.1. The fourth-order valence-corrected chi connectivity index (χ4v) is 3.41. The third kappa shape index (κ3) is 7.78. The molecular formula is C21H24N4O8S. The molecule has 0 spiro atoms. The molecule has 0 atom stereocenters. The minimum absolute atomic E-state index is 0.0551. The molecule has 2 aromatic rings. The Morgan fingerprint density at radius 3 is 2.12 bits per heavy atom. The molecule has 0 aliphatic heterocycles. The number of ether oxygens (including phenoxy) is 2. The Morgan fingerprint density at radius 1 is 0.941 bits per heavy atom. The normalized spacial score (nSPS) is 10.4. The molecule has 34 heavy (non-hydrogen) atoms. The smallest absolute Gasteiger partial charge is 0.413 e. The van der Waals surface area contributed by atoms with Crippen LogP contribution in [0.25, 0.3) is 0 Å². The van der Waals surface area contributed by atoms with Crippen LogP contribution in [-0.4, -0.2) is 46.7 Å². The number of nitrogens with zero attached hydrogens (tertiary/aromatic N) is 1. The van der Waals surface area contributed by atoms with E-state index < -0.39 is 22.3 Å². The van der Waals surface area contributed by atoms with Gasteiger partial charge in [0, 0.05) is 12.5 Å². The van der Waals surface area contributed by atoms with E-state index in [9.17, 15) is 22.8 Å². The Morgan fingerprint density at radius 2 is 1.56 bits per heavy atom. The van der Waals surface area contributed by atoms with E-state index in [1.54, 1.807) is 18.2 Å². The van der Waals surface area contributed by atoms with Gasteiger partial charge in [0.1, 0.15) is 10.6 Å². The summed E-state index contributed by atoms with van der Waals surface area (Å²) in [5.41, 5.74) is 0.131. The Bertz CT molecular complexity index is 1150. The lowest BCUT2D eigenvalue weighted by Gasteiger charge is -2.13. The molecule has 3 N–H and O–H groups in total. The van der Waals surface area contributed by atoms with Gasteiger partial charge in [-0.25, -0.2) is 14.6 Å². The highest BCUT2D eigenvalue weighted by Crippen LogP contribution is 2.31. The first-order valence-corrected chi connectivity index (χ1v) is 11.3. The minimum atomic E-state index is -4.14. The number of aliphatic imine (C=N–C) groups is 1. The average molecular weight is 493 g/mol. The van der Waals surface area contributed by atoms with E-state index in [0.29, 0.717) is 6.42 Å². The highest BCUT2D eigenvalue weighted by atomic mass is 32.2. The van der Waals surface area contributed by atoms with Gasteiger partial charge in [-0.15, -0.1) is 0 Å². The number of guanidine groups is 1. The van der Waals surface area contributed by atoms with E-state index in [-0.39, 0.29) is 40.3 Å². The standard InChI is InChI=1S/C21H24N4O8S/c1-4-8-18(26)22-17-13-14(33-34(29,30)15-9-6-5-7-10-15)11-12-16(17)23-19(24-20(27)31-2)25-21(28)32-3/h5-7,9-13H,4,8H2,1-3H3,(H,22,26)(H2,23,24,25,27,28). The monoisotopic (exact) mass is 492 g/mol. The zero-order valence-electron chi connectivity index (χ0n) is 18.7. The molecule has 182 valence electrons. The highest BCUT2D eigenvalue weighted by Gasteiger charge is 2.18. The van der Waals surface area contributed by atoms with Gasteiger partial charge < -0.3 is 19.0 Å². The number of amides is 3. The van der Waals surface area contributed by atoms with Gasteiger partial charge in [-0.3, -0.25) is 15.4 Å². The van der Waals surface area contributed by atoms with Crippen LogP contribution in [0.4, 0.5) is 21.0 Å². The number of rotatable bonds is 7. The molecule has 0 unspecified atom stereocenters. The zero-order chi connectivity index (χ0) is 25.1. The van der Waals surface area contributed by atoms with Crippen LogP contribution in [0, 0.1) is 0 Å². The van der Waals surface area contributed by atoms with Crippen LogP contribution in [0.2, 0.25) is 0 Å². The average Bonchev–Trinajstić information content (AvgIpc) is 2.81. The summed E-state index contributed by atoms with van der Waals surface area (Å²) in [5.74, 6) is -0.835. The number of anilines is 1. The van der Waals surface area contributed by atoms with Gasteiger partial charge in [0.15, 0.2) is 0 Å². The molecule has 12 nitrogen and oxygen atoms in total. The molecule has 2 aromatic carbocycles. The summed E-state index contributed by atoms with van der Waals surface area (Å²) in [6.45, 7) is 1.81. The summed E-state index contributed by atoms with van der Waals surface area (Å²) in [5, 5.41) is 7.00. The molecule has 0 heterocycles. The number of hydrogen-bond acceptors (Lipinski definition) is 9. The zero-order valence-corrected chi connectivity index (χ0v) is 19.5. The predicted molar refractivity (Wildman–Crippen MR) is 122 cm³/mol. The third-order valence-corrected chi connectivity index (χ3v) is 5.26. The maximum Gasteiger partial charge on any atom is 0.413 e. The Balaban J connectivity index is 2.47. The van der Waals surface area contributed by atoms with Crippen molar-refractivity contribution in [3.05, 3.63) is 48.5 Å². The van der Waals surface area contributed by atoms with E-state index in [2.05, 4.69) is 30.4 Å². The second-order valence-corrected chi connectivity index (χ2v) is 8.07. The summed E-state index contributed by atoms with van der Waals surface area (Å²) >= 11 is 0. The summed E-state index contributed by atoms with van der Waals surface area (Å²) in [7, 11) is -1.92. The van der Waals surface area contributed by atoms with E-state index in [1.807, 2.05) is 6.92 Å². The molecule has 0 fully saturated rings. The maximum atomic E-state index is 12.5. The van der Waals surface area contributed by atoms with Gasteiger partial charge in [-0.2, -0.15) is 8.42 Å². The molecule has 2 rings (SSSR count). The van der Waals surface area contributed by atoms with E-state index >= 15 is 0 Å². The van der Waals surface area contributed by atoms with E-state index in [4.69, 9.17) is 4.18 Å². The second-order valence-electron chi connectivity index (χ2n) is 6.52. The fraction of sp³-hybridized carbons (Fsp3) is 0.238. The van der Waals surface area contributed by atoms with Crippen molar-refractivity contribution in [1.82, 2.24) is 10.6 Å². The summed E-state index contributed by atoms with van der Waals surface area (Å²) in [6, 6.07) is 11.4. The number of hydrogen-bond donors (Lipinski definition) is 3. The number of carbonyl (C=O) groups is 3. The van der Waals surface area contributed by atoms with Gasteiger partial charge in [0.05, 0.1) is 25.6 Å². The van der Waals surface area contributed by atoms with Crippen LogP contribution < -0.4 is 20.1 Å². The van der Waals surface area contributed by atoms with Crippen molar-refractivity contribution in [2.24, 2.45) is 4.99 Å². The molecule has 3 amide bonds. The van der Waals surface area contributed by atoms with Gasteiger partial charge in [-0.1, -0.05) is 25.1 Å². The molecule has 0 bridgehead atoms. The molecule has 0 radical (unpaired) electrons. The summed E-state index contributed by atoms with van der Waals surface area (Å²) < 4.78 is 39.3. The highest BCUT2D eigenvalue weighted by molar-refractivity contribution is 7.87. The van der Waals surface area contributed by atoms with E-state index in [0.717, 1.165) is 14.2 Å². The van der Waals surface area contributed by atoms with Gasteiger partial charge in [0.2, 0.25) is 11.9 Å². The Kier molecular flexibility index (Phi) is 9.38. The molecular weight excluding hydrogens is 468 g/mol. The first-order chi connectivity index (χ1) is 16.2. The fourth-order valence-electron chi connectivity index (χ4n) is 2.47. The molecule has 0 aliphatic carbocycles. The molecule has 0 saturated heterocycles. The van der Waals surface area contributed by atoms with E-state index in [1.165, 1.54) is 30.3 Å². The Hall–Kier alpha value is -4.13. The van der Waals surface area contributed by atoms with Crippen LogP contribution in [0.15, 0.2) is 58.4 Å². The van der Waals surface area contributed by atoms with Crippen LogP contribution >= 0.6 is 0 Å². The van der Waals surface area contributed by atoms with Crippen LogP contribution in [0.3, 0.4) is 0 Å².